The fourth-order valence-corrected chi connectivity index (χ4v) is 3.41. The van der Waals surface area contributed by atoms with E-state index in [9.17, 15) is 23.1 Å². The number of nitrogens with one attached hydrogen (secondary N) is 2. The zero-order valence-electron chi connectivity index (χ0n) is 18.1. The van der Waals surface area contributed by atoms with E-state index in [-0.39, 0.29) is 5.69 Å². The van der Waals surface area contributed by atoms with Gasteiger partial charge in [-0.15, -0.1) is 0 Å². The van der Waals surface area contributed by atoms with Crippen molar-refractivity contribution in [2.24, 2.45) is 0 Å². The highest BCUT2D eigenvalue weighted by molar-refractivity contribution is 6.08. The van der Waals surface area contributed by atoms with Gasteiger partial charge in [-0.25, -0.2) is 9.78 Å². The smallest absolute Gasteiger partial charge is 0.416 e. The van der Waals surface area contributed by atoms with Crippen molar-refractivity contribution in [2.75, 3.05) is 10.6 Å². The second-order valence-corrected chi connectivity index (χ2v) is 7.46. The number of rotatable bonds is 4. The van der Waals surface area contributed by atoms with E-state index in [1.807, 2.05) is 6.92 Å². The lowest BCUT2D eigenvalue weighted by Crippen LogP contribution is -2.20. The largest absolute Gasteiger partial charge is 0.506 e. The number of fused-ring (bicyclic) bond motifs is 1. The van der Waals surface area contributed by atoms with Crippen molar-refractivity contribution >= 4 is 28.2 Å². The van der Waals surface area contributed by atoms with Gasteiger partial charge in [0.15, 0.2) is 0 Å². The number of anilines is 2. The van der Waals surface area contributed by atoms with Crippen LogP contribution >= 0.6 is 0 Å². The Labute approximate surface area is 192 Å². The Morgan fingerprint density at radius 1 is 0.912 bits per heavy atom. The highest BCUT2D eigenvalue weighted by Gasteiger charge is 2.31. The van der Waals surface area contributed by atoms with Crippen molar-refractivity contribution in [3.8, 4) is 17.4 Å². The van der Waals surface area contributed by atoms with Gasteiger partial charge in [0, 0.05) is 22.5 Å². The van der Waals surface area contributed by atoms with Gasteiger partial charge < -0.3 is 20.5 Å². The third-order valence-electron chi connectivity index (χ3n) is 4.86. The van der Waals surface area contributed by atoms with Crippen LogP contribution in [-0.2, 0) is 6.18 Å². The Balaban J connectivity index is 1.60. The fraction of sp³-hybridized carbons (Fsp3) is 0.125. The minimum Gasteiger partial charge on any atom is -0.506 e. The third kappa shape index (κ3) is 5.01. The summed E-state index contributed by atoms with van der Waals surface area (Å²) < 4.78 is 44.9. The van der Waals surface area contributed by atoms with Gasteiger partial charge >= 0.3 is 12.2 Å². The van der Waals surface area contributed by atoms with Crippen LogP contribution in [0.25, 0.3) is 10.8 Å². The Hall–Kier alpha value is -4.34. The molecule has 1 aromatic heterocycles. The summed E-state index contributed by atoms with van der Waals surface area (Å²) in [5, 5.41) is 16.0. The van der Waals surface area contributed by atoms with Gasteiger partial charge in [0.1, 0.15) is 17.3 Å². The van der Waals surface area contributed by atoms with E-state index < -0.39 is 23.5 Å². The van der Waals surface area contributed by atoms with E-state index in [0.717, 1.165) is 17.8 Å². The van der Waals surface area contributed by atoms with Crippen molar-refractivity contribution in [1.82, 2.24) is 9.97 Å². The Kier molecular flexibility index (Phi) is 5.97. The molecule has 4 rings (SSSR count). The van der Waals surface area contributed by atoms with Gasteiger partial charge in [-0.2, -0.15) is 18.2 Å². The van der Waals surface area contributed by atoms with Gasteiger partial charge in [0.2, 0.25) is 5.88 Å². The van der Waals surface area contributed by atoms with E-state index in [1.165, 1.54) is 0 Å². The standard InChI is InChI=1S/C24H19F3N4O3/c1-13-11-22(29-14(2)28-13)34-21-10-8-18(16-5-3-4-6-17(16)21)30-23(33)31-19-12-15(24(25,26)27)7-9-20(19)32/h3-12,32H,1-2H3,(H2,30,31,33). The van der Waals surface area contributed by atoms with Crippen LogP contribution in [0, 0.1) is 13.8 Å². The number of alkyl halides is 3. The van der Waals surface area contributed by atoms with Crippen molar-refractivity contribution in [1.29, 1.82) is 0 Å². The van der Waals surface area contributed by atoms with Crippen molar-refractivity contribution in [2.45, 2.75) is 20.0 Å². The molecule has 1 heterocycles. The quantitative estimate of drug-likeness (QED) is 0.301. The molecule has 0 radical (unpaired) electrons. The number of aromatic nitrogens is 2. The number of aryl methyl sites for hydroxylation is 2. The van der Waals surface area contributed by atoms with Crippen LogP contribution in [0.1, 0.15) is 17.1 Å². The molecule has 4 aromatic rings. The number of benzene rings is 3. The second-order valence-electron chi connectivity index (χ2n) is 7.46. The number of amides is 2. The molecule has 3 aromatic carbocycles. The molecule has 34 heavy (non-hydrogen) atoms. The lowest BCUT2D eigenvalue weighted by atomic mass is 10.1. The molecule has 0 saturated carbocycles. The Bertz CT molecular complexity index is 1370. The molecule has 0 aliphatic heterocycles. The van der Waals surface area contributed by atoms with Gasteiger partial charge in [0.25, 0.3) is 0 Å². The zero-order valence-corrected chi connectivity index (χ0v) is 18.1. The van der Waals surface area contributed by atoms with Crippen LogP contribution in [-0.4, -0.2) is 21.1 Å². The molecule has 0 unspecified atom stereocenters. The summed E-state index contributed by atoms with van der Waals surface area (Å²) in [6.45, 7) is 3.58. The number of hydrogen-bond acceptors (Lipinski definition) is 5. The average molecular weight is 468 g/mol. The molecule has 174 valence electrons. The van der Waals surface area contributed by atoms with Crippen molar-refractivity contribution in [3.05, 3.63) is 77.7 Å². The van der Waals surface area contributed by atoms with Crippen LogP contribution in [0.2, 0.25) is 0 Å². The van der Waals surface area contributed by atoms with E-state index >= 15 is 0 Å². The molecule has 0 atom stereocenters. The van der Waals surface area contributed by atoms with Crippen LogP contribution in [0.4, 0.5) is 29.3 Å². The minimum absolute atomic E-state index is 0.369. The van der Waals surface area contributed by atoms with Gasteiger partial charge in [-0.1, -0.05) is 24.3 Å². The molecule has 2 amide bonds. The first-order valence-corrected chi connectivity index (χ1v) is 10.1. The summed E-state index contributed by atoms with van der Waals surface area (Å²) in [6, 6.07) is 13.5. The first-order chi connectivity index (χ1) is 16.1. The number of carbonyl (C=O) groups excluding carboxylic acids is 1. The summed E-state index contributed by atoms with van der Waals surface area (Å²) in [5.41, 5.74) is -0.226. The molecule has 3 N–H and O–H groups in total. The van der Waals surface area contributed by atoms with Gasteiger partial charge in [-0.3, -0.25) is 0 Å². The summed E-state index contributed by atoms with van der Waals surface area (Å²) in [5.74, 6) is 0.933. The Morgan fingerprint density at radius 2 is 1.62 bits per heavy atom. The Morgan fingerprint density at radius 3 is 2.32 bits per heavy atom. The topological polar surface area (TPSA) is 96.4 Å². The summed E-state index contributed by atoms with van der Waals surface area (Å²) in [4.78, 5) is 21.0. The number of ether oxygens (including phenoxy) is 1. The van der Waals surface area contributed by atoms with Crippen LogP contribution in [0.5, 0.6) is 17.4 Å². The van der Waals surface area contributed by atoms with Crippen molar-refractivity contribution < 1.29 is 27.8 Å². The molecule has 0 saturated heterocycles. The number of halogens is 3. The number of hydrogen-bond donors (Lipinski definition) is 3. The lowest BCUT2D eigenvalue weighted by Gasteiger charge is -2.15. The number of aromatic hydroxyl groups is 1. The average Bonchev–Trinajstić information content (AvgIpc) is 2.75. The molecule has 0 bridgehead atoms. The van der Waals surface area contributed by atoms with E-state index in [4.69, 9.17) is 4.74 Å². The number of phenolic OH excluding ortho intramolecular Hbond substituents is 1. The maximum absolute atomic E-state index is 13.0. The first-order valence-electron chi connectivity index (χ1n) is 10.1. The lowest BCUT2D eigenvalue weighted by molar-refractivity contribution is -0.137. The normalized spacial score (nSPS) is 11.3. The predicted molar refractivity (Wildman–Crippen MR) is 121 cm³/mol. The molecule has 0 aliphatic carbocycles. The molecular weight excluding hydrogens is 449 g/mol. The number of nitrogens with zero attached hydrogens (tertiary/aromatic N) is 2. The van der Waals surface area contributed by atoms with Gasteiger partial charge in [-0.05, 0) is 44.2 Å². The fourth-order valence-electron chi connectivity index (χ4n) is 3.41. The maximum Gasteiger partial charge on any atom is 0.416 e. The highest BCUT2D eigenvalue weighted by atomic mass is 19.4. The zero-order chi connectivity index (χ0) is 24.5. The maximum atomic E-state index is 13.0. The summed E-state index contributed by atoms with van der Waals surface area (Å²) in [7, 11) is 0. The summed E-state index contributed by atoms with van der Waals surface area (Å²) >= 11 is 0. The highest BCUT2D eigenvalue weighted by Crippen LogP contribution is 2.36. The number of urea groups is 1. The van der Waals surface area contributed by atoms with Gasteiger partial charge in [0.05, 0.1) is 16.9 Å². The summed E-state index contributed by atoms with van der Waals surface area (Å²) in [6.07, 6.45) is -4.62. The number of phenols is 1. The monoisotopic (exact) mass is 468 g/mol. The second kappa shape index (κ2) is 8.89. The molecule has 7 nitrogen and oxygen atoms in total. The SMILES string of the molecule is Cc1cc(Oc2ccc(NC(=O)Nc3cc(C(F)(F)F)ccc3O)c3ccccc23)nc(C)n1. The van der Waals surface area contributed by atoms with Crippen LogP contribution in [0.3, 0.4) is 0 Å². The van der Waals surface area contributed by atoms with E-state index in [1.54, 1.807) is 49.4 Å². The number of carbonyl (C=O) groups is 1. The molecule has 0 spiro atoms. The first kappa shape index (κ1) is 22.8. The molecule has 10 heteroatoms. The minimum atomic E-state index is -4.62. The predicted octanol–water partition coefficient (Wildman–Crippen LogP) is 6.41. The van der Waals surface area contributed by atoms with E-state index in [2.05, 4.69) is 20.6 Å². The third-order valence-corrected chi connectivity index (χ3v) is 4.86. The van der Waals surface area contributed by atoms with Crippen molar-refractivity contribution in [3.63, 3.8) is 0 Å². The molecule has 0 fully saturated rings. The molecule has 0 aliphatic rings. The molecular formula is C24H19F3N4O3. The van der Waals surface area contributed by atoms with Crippen LogP contribution < -0.4 is 15.4 Å². The van der Waals surface area contributed by atoms with E-state index in [0.29, 0.717) is 40.0 Å². The van der Waals surface area contributed by atoms with Crippen LogP contribution in [0.15, 0.2) is 60.7 Å².